The van der Waals surface area contributed by atoms with Gasteiger partial charge in [0.1, 0.15) is 0 Å². The van der Waals surface area contributed by atoms with Crippen LogP contribution in [0.4, 0.5) is 0 Å². The van der Waals surface area contributed by atoms with Crippen LogP contribution in [0, 0.1) is 0 Å². The second-order valence-electron chi connectivity index (χ2n) is 5.32. The molecule has 0 fully saturated rings. The number of carbonyl (C=O) groups excluding carboxylic acids is 2. The molecule has 0 saturated carbocycles. The lowest BCUT2D eigenvalue weighted by molar-refractivity contribution is -0.264. The first-order valence-electron chi connectivity index (χ1n) is 8.99. The van der Waals surface area contributed by atoms with Crippen LogP contribution in [-0.4, -0.2) is 44.0 Å². The second-order valence-corrected chi connectivity index (χ2v) is 7.32. The van der Waals surface area contributed by atoms with Crippen LogP contribution in [0.25, 0.3) is 0 Å². The summed E-state index contributed by atoms with van der Waals surface area (Å²) in [5.74, 6) is -1.61. The zero-order valence-electron chi connectivity index (χ0n) is 16.1. The van der Waals surface area contributed by atoms with Crippen molar-refractivity contribution in [1.29, 1.82) is 0 Å². The van der Waals surface area contributed by atoms with Gasteiger partial charge in [-0.05, 0) is 26.7 Å². The van der Waals surface area contributed by atoms with Gasteiger partial charge in [-0.15, -0.1) is 9.35 Å². The number of carbonyl (C=O) groups is 2. The molecule has 0 N–H and O–H groups in total. The number of ether oxygens (including phenoxy) is 2. The van der Waals surface area contributed by atoms with Crippen LogP contribution in [0.3, 0.4) is 0 Å². The highest BCUT2D eigenvalue weighted by atomic mass is 31.2. The van der Waals surface area contributed by atoms with Crippen LogP contribution in [-0.2, 0) is 42.8 Å². The molecule has 0 radical (unpaired) electrons. The Kier molecular flexibility index (Phi) is 14.5. The molecule has 9 nitrogen and oxygen atoms in total. The van der Waals surface area contributed by atoms with Crippen molar-refractivity contribution in [2.24, 2.45) is 0 Å². The van der Waals surface area contributed by atoms with Crippen LogP contribution in [0.5, 0.6) is 0 Å². The molecule has 26 heavy (non-hydrogen) atoms. The van der Waals surface area contributed by atoms with Crippen molar-refractivity contribution >= 4 is 19.5 Å². The first-order valence-corrected chi connectivity index (χ1v) is 10.6. The van der Waals surface area contributed by atoms with Gasteiger partial charge < -0.3 is 9.47 Å². The molecule has 0 amide bonds. The fourth-order valence-electron chi connectivity index (χ4n) is 1.65. The van der Waals surface area contributed by atoms with Crippen molar-refractivity contribution in [2.45, 2.75) is 65.5 Å². The molecule has 10 heteroatoms. The fraction of sp³-hybridized carbons (Fsp3) is 0.875. The van der Waals surface area contributed by atoms with Gasteiger partial charge in [0.05, 0.1) is 32.8 Å². The molecule has 154 valence electrons. The normalized spacial score (nSPS) is 12.6. The minimum Gasteiger partial charge on any atom is -0.466 e. The van der Waals surface area contributed by atoms with E-state index in [1.165, 1.54) is 0 Å². The lowest BCUT2D eigenvalue weighted by Gasteiger charge is -2.22. The second kappa shape index (κ2) is 15.1. The largest absolute Gasteiger partial charge is 0.466 e. The molecule has 0 aliphatic rings. The quantitative estimate of drug-likeness (QED) is 0.127. The third kappa shape index (κ3) is 10.2. The van der Waals surface area contributed by atoms with Gasteiger partial charge in [0, 0.05) is 0 Å². The molecule has 0 rings (SSSR count). The maximum Gasteiger partial charge on any atom is 0.398 e. The summed E-state index contributed by atoms with van der Waals surface area (Å²) in [5.41, 5.74) is -1.55. The molecule has 0 aliphatic heterocycles. The Labute approximate surface area is 155 Å². The molecule has 0 bridgehead atoms. The van der Waals surface area contributed by atoms with Crippen molar-refractivity contribution < 1.29 is 42.8 Å². The van der Waals surface area contributed by atoms with E-state index in [2.05, 4.69) is 0 Å². The van der Waals surface area contributed by atoms with E-state index in [0.717, 1.165) is 12.8 Å². The molecule has 0 heterocycles. The Morgan fingerprint density at radius 2 is 1.35 bits per heavy atom. The van der Waals surface area contributed by atoms with Crippen LogP contribution >= 0.6 is 7.60 Å². The summed E-state index contributed by atoms with van der Waals surface area (Å²) in [6.45, 7) is 7.50. The van der Waals surface area contributed by atoms with Crippen molar-refractivity contribution in [3.8, 4) is 0 Å². The number of hydrogen-bond acceptors (Lipinski definition) is 9. The monoisotopic (exact) mass is 398 g/mol. The molecule has 0 aromatic carbocycles. The Morgan fingerprint density at radius 1 is 0.846 bits per heavy atom. The highest BCUT2D eigenvalue weighted by Gasteiger charge is 2.47. The topological polar surface area (TPSA) is 107 Å². The number of esters is 2. The third-order valence-electron chi connectivity index (χ3n) is 3.07. The van der Waals surface area contributed by atoms with Crippen LogP contribution < -0.4 is 0 Å². The van der Waals surface area contributed by atoms with Crippen LogP contribution in [0.2, 0.25) is 0 Å². The molecular weight excluding hydrogens is 367 g/mol. The minimum absolute atomic E-state index is 0.0536. The average Bonchev–Trinajstić information content (AvgIpc) is 2.63. The molecule has 1 unspecified atom stereocenters. The highest BCUT2D eigenvalue weighted by molar-refractivity contribution is 7.55. The van der Waals surface area contributed by atoms with E-state index in [4.69, 9.17) is 28.6 Å². The zero-order valence-corrected chi connectivity index (χ0v) is 17.0. The van der Waals surface area contributed by atoms with Gasteiger partial charge in [-0.3, -0.25) is 14.2 Å². The number of hydrogen-bond donors (Lipinski definition) is 0. The van der Waals surface area contributed by atoms with Crippen molar-refractivity contribution in [3.05, 3.63) is 0 Å². The van der Waals surface area contributed by atoms with Crippen molar-refractivity contribution in [2.75, 3.05) is 26.4 Å². The van der Waals surface area contributed by atoms with Gasteiger partial charge in [-0.25, -0.2) is 9.78 Å². The molecule has 1 atom stereocenters. The van der Waals surface area contributed by atoms with Crippen molar-refractivity contribution in [1.82, 2.24) is 0 Å². The first kappa shape index (κ1) is 25.0. The van der Waals surface area contributed by atoms with Gasteiger partial charge in [0.15, 0.2) is 5.66 Å². The first-order chi connectivity index (χ1) is 12.4. The Hall–Kier alpha value is -0.990. The number of unbranched alkanes of at least 4 members (excludes halogenated alkanes) is 2. The van der Waals surface area contributed by atoms with E-state index in [9.17, 15) is 14.2 Å². The van der Waals surface area contributed by atoms with Gasteiger partial charge >= 0.3 is 19.5 Å². The Balaban J connectivity index is 5.23. The van der Waals surface area contributed by atoms with E-state index >= 15 is 0 Å². The Bertz CT molecular complexity index is 429. The summed E-state index contributed by atoms with van der Waals surface area (Å²) in [5, 5.41) is 0. The zero-order chi connectivity index (χ0) is 19.8. The van der Waals surface area contributed by atoms with Gasteiger partial charge in [-0.2, -0.15) is 0 Å². The fourth-order valence-corrected chi connectivity index (χ4v) is 3.10. The van der Waals surface area contributed by atoms with Crippen molar-refractivity contribution in [3.63, 3.8) is 0 Å². The standard InChI is InChI=1S/C16H31O9P/c1-5-9-11-20-15(17)13-14(16(18)21-12-10-6-2)26(19,24-22-7-3)25-23-8-4/h14H,5-13H2,1-4H3. The highest BCUT2D eigenvalue weighted by Crippen LogP contribution is 2.55. The maximum absolute atomic E-state index is 13.0. The molecule has 0 spiro atoms. The molecule has 0 aromatic rings. The summed E-state index contributed by atoms with van der Waals surface area (Å²) >= 11 is 0. The number of rotatable bonds is 16. The molecule has 0 aromatic heterocycles. The third-order valence-corrected chi connectivity index (χ3v) is 4.85. The lowest BCUT2D eigenvalue weighted by atomic mass is 10.3. The van der Waals surface area contributed by atoms with E-state index in [0.29, 0.717) is 12.8 Å². The summed E-state index contributed by atoms with van der Waals surface area (Å²) in [4.78, 5) is 33.8. The predicted octanol–water partition coefficient (Wildman–Crippen LogP) is 3.56. The van der Waals surface area contributed by atoms with E-state index in [1.807, 2.05) is 13.8 Å². The lowest BCUT2D eigenvalue weighted by Crippen LogP contribution is -2.29. The van der Waals surface area contributed by atoms with Gasteiger partial charge in [0.2, 0.25) is 0 Å². The van der Waals surface area contributed by atoms with Crippen LogP contribution in [0.15, 0.2) is 0 Å². The summed E-state index contributed by atoms with van der Waals surface area (Å²) in [6.07, 6.45) is 2.42. The predicted molar refractivity (Wildman–Crippen MR) is 93.2 cm³/mol. The minimum atomic E-state index is -4.28. The Morgan fingerprint density at radius 3 is 1.81 bits per heavy atom. The van der Waals surface area contributed by atoms with Gasteiger partial charge in [-0.1, -0.05) is 26.7 Å². The molecule has 0 saturated heterocycles. The smallest absolute Gasteiger partial charge is 0.398 e. The van der Waals surface area contributed by atoms with E-state index in [-0.39, 0.29) is 26.4 Å². The summed E-state index contributed by atoms with van der Waals surface area (Å²) in [7, 11) is -4.28. The van der Waals surface area contributed by atoms with E-state index in [1.54, 1.807) is 13.8 Å². The molecule has 0 aliphatic carbocycles. The molecular formula is C16H31O9P. The SMILES string of the molecule is CCCCOC(=O)CC(C(=O)OCCCC)P(=O)(OOCC)OOCC. The van der Waals surface area contributed by atoms with E-state index < -0.39 is 31.6 Å². The summed E-state index contributed by atoms with van der Waals surface area (Å²) in [6, 6.07) is 0. The summed E-state index contributed by atoms with van der Waals surface area (Å²) < 4.78 is 32.7. The van der Waals surface area contributed by atoms with Crippen LogP contribution in [0.1, 0.15) is 59.8 Å². The average molecular weight is 398 g/mol. The maximum atomic E-state index is 13.0. The van der Waals surface area contributed by atoms with Gasteiger partial charge in [0.25, 0.3) is 0 Å².